The summed E-state index contributed by atoms with van der Waals surface area (Å²) in [4.78, 5) is 12.6. The Labute approximate surface area is 128 Å². The average molecular weight is 289 g/mol. The Bertz CT molecular complexity index is 486. The minimum Gasteiger partial charge on any atom is -0.464 e. The first-order chi connectivity index (χ1) is 10.1. The van der Waals surface area contributed by atoms with Gasteiger partial charge in [-0.15, -0.1) is 0 Å². The van der Waals surface area contributed by atoms with Crippen molar-refractivity contribution < 1.29 is 9.53 Å². The second-order valence-corrected chi connectivity index (χ2v) is 6.28. The van der Waals surface area contributed by atoms with Crippen LogP contribution in [-0.4, -0.2) is 18.1 Å². The van der Waals surface area contributed by atoms with Gasteiger partial charge in [0.25, 0.3) is 0 Å². The van der Waals surface area contributed by atoms with Gasteiger partial charge in [0.05, 0.1) is 6.61 Å². The van der Waals surface area contributed by atoms with E-state index in [-0.39, 0.29) is 5.97 Å². The summed E-state index contributed by atoms with van der Waals surface area (Å²) in [7, 11) is 0. The number of para-hydroxylation sites is 1. The van der Waals surface area contributed by atoms with Crippen molar-refractivity contribution in [2.24, 2.45) is 5.92 Å². The van der Waals surface area contributed by atoms with Crippen molar-refractivity contribution in [1.29, 1.82) is 0 Å². The van der Waals surface area contributed by atoms with E-state index in [2.05, 4.69) is 25.2 Å². The number of hydrogen-bond donors (Lipinski definition) is 1. The Hall–Kier alpha value is -1.51. The number of hydrogen-bond acceptors (Lipinski definition) is 3. The van der Waals surface area contributed by atoms with Crippen molar-refractivity contribution >= 4 is 11.7 Å². The van der Waals surface area contributed by atoms with Gasteiger partial charge in [0.2, 0.25) is 0 Å². The SMILES string of the molecule is CCOC(=O)C1(Nc2ccccc2C)CCCC(C)CC1. The number of aryl methyl sites for hydroxylation is 1. The molecule has 1 saturated carbocycles. The third-order valence-corrected chi connectivity index (χ3v) is 4.55. The molecule has 1 N–H and O–H groups in total. The van der Waals surface area contributed by atoms with Crippen molar-refractivity contribution in [2.45, 2.75) is 58.4 Å². The molecule has 1 aromatic carbocycles. The van der Waals surface area contributed by atoms with E-state index < -0.39 is 5.54 Å². The summed E-state index contributed by atoms with van der Waals surface area (Å²) in [5, 5.41) is 3.53. The van der Waals surface area contributed by atoms with Crippen LogP contribution in [0.2, 0.25) is 0 Å². The molecule has 116 valence electrons. The number of esters is 1. The van der Waals surface area contributed by atoms with Gasteiger partial charge in [-0.05, 0) is 50.7 Å². The van der Waals surface area contributed by atoms with Gasteiger partial charge in [0.15, 0.2) is 0 Å². The summed E-state index contributed by atoms with van der Waals surface area (Å²) in [5.74, 6) is 0.585. The van der Waals surface area contributed by atoms with Crippen LogP contribution in [0.4, 0.5) is 5.69 Å². The molecular weight excluding hydrogens is 262 g/mol. The molecule has 0 heterocycles. The number of anilines is 1. The first kappa shape index (κ1) is 15.9. The fourth-order valence-electron chi connectivity index (χ4n) is 3.13. The number of carbonyl (C=O) groups is 1. The van der Waals surface area contributed by atoms with Crippen molar-refractivity contribution in [3.05, 3.63) is 29.8 Å². The highest BCUT2D eigenvalue weighted by Crippen LogP contribution is 2.35. The van der Waals surface area contributed by atoms with Gasteiger partial charge in [0.1, 0.15) is 5.54 Å². The summed E-state index contributed by atoms with van der Waals surface area (Å²) in [6.45, 7) is 6.65. The maximum absolute atomic E-state index is 12.6. The molecule has 21 heavy (non-hydrogen) atoms. The molecule has 0 radical (unpaired) electrons. The highest BCUT2D eigenvalue weighted by atomic mass is 16.5. The van der Waals surface area contributed by atoms with E-state index in [0.29, 0.717) is 12.5 Å². The molecule has 3 nitrogen and oxygen atoms in total. The van der Waals surface area contributed by atoms with Crippen LogP contribution in [0.1, 0.15) is 51.5 Å². The number of ether oxygens (including phenoxy) is 1. The number of benzene rings is 1. The van der Waals surface area contributed by atoms with E-state index >= 15 is 0 Å². The van der Waals surface area contributed by atoms with Crippen molar-refractivity contribution in [2.75, 3.05) is 11.9 Å². The highest BCUT2D eigenvalue weighted by molar-refractivity contribution is 5.85. The molecule has 0 spiro atoms. The molecule has 0 aromatic heterocycles. The summed E-state index contributed by atoms with van der Waals surface area (Å²) >= 11 is 0. The fraction of sp³-hybridized carbons (Fsp3) is 0.611. The molecule has 1 fully saturated rings. The van der Waals surface area contributed by atoms with Crippen molar-refractivity contribution in [1.82, 2.24) is 0 Å². The van der Waals surface area contributed by atoms with E-state index in [1.807, 2.05) is 25.1 Å². The molecule has 0 bridgehead atoms. The Kier molecular flexibility index (Phi) is 5.27. The monoisotopic (exact) mass is 289 g/mol. The molecule has 2 atom stereocenters. The number of nitrogens with one attached hydrogen (secondary N) is 1. The quantitative estimate of drug-likeness (QED) is 0.663. The zero-order chi connectivity index (χ0) is 15.3. The number of carbonyl (C=O) groups excluding carboxylic acids is 1. The van der Waals surface area contributed by atoms with Gasteiger partial charge in [-0.2, -0.15) is 0 Å². The molecule has 3 heteroatoms. The lowest BCUT2D eigenvalue weighted by molar-refractivity contribution is -0.149. The third kappa shape index (κ3) is 3.78. The van der Waals surface area contributed by atoms with Crippen LogP contribution in [0.3, 0.4) is 0 Å². The molecule has 2 rings (SSSR count). The van der Waals surface area contributed by atoms with Crippen LogP contribution in [0, 0.1) is 12.8 Å². The molecule has 1 aromatic rings. The summed E-state index contributed by atoms with van der Waals surface area (Å²) in [5.41, 5.74) is 1.64. The summed E-state index contributed by atoms with van der Waals surface area (Å²) < 4.78 is 5.39. The van der Waals surface area contributed by atoms with Gasteiger partial charge in [-0.1, -0.05) is 38.0 Å². The topological polar surface area (TPSA) is 38.3 Å². The Morgan fingerprint density at radius 2 is 2.10 bits per heavy atom. The predicted molar refractivity (Wildman–Crippen MR) is 86.4 cm³/mol. The smallest absolute Gasteiger partial charge is 0.331 e. The van der Waals surface area contributed by atoms with Crippen LogP contribution >= 0.6 is 0 Å². The maximum Gasteiger partial charge on any atom is 0.331 e. The van der Waals surface area contributed by atoms with Crippen LogP contribution in [0.25, 0.3) is 0 Å². The van der Waals surface area contributed by atoms with Crippen LogP contribution in [-0.2, 0) is 9.53 Å². The van der Waals surface area contributed by atoms with Crippen molar-refractivity contribution in [3.8, 4) is 0 Å². The first-order valence-corrected chi connectivity index (χ1v) is 8.08. The predicted octanol–water partition coefficient (Wildman–Crippen LogP) is 4.31. The molecular formula is C18H27NO2. The average Bonchev–Trinajstić information content (AvgIpc) is 2.65. The molecule has 0 amide bonds. The second-order valence-electron chi connectivity index (χ2n) is 6.28. The Morgan fingerprint density at radius 3 is 2.81 bits per heavy atom. The van der Waals surface area contributed by atoms with E-state index in [9.17, 15) is 4.79 Å². The van der Waals surface area contributed by atoms with Crippen molar-refractivity contribution in [3.63, 3.8) is 0 Å². The van der Waals surface area contributed by atoms with Crippen LogP contribution in [0.5, 0.6) is 0 Å². The minimum absolute atomic E-state index is 0.0950. The van der Waals surface area contributed by atoms with Gasteiger partial charge in [-0.25, -0.2) is 4.79 Å². The molecule has 0 saturated heterocycles. The van der Waals surface area contributed by atoms with E-state index in [4.69, 9.17) is 4.74 Å². The lowest BCUT2D eigenvalue weighted by Gasteiger charge is -2.33. The fourth-order valence-corrected chi connectivity index (χ4v) is 3.13. The van der Waals surface area contributed by atoms with E-state index in [0.717, 1.165) is 31.4 Å². The van der Waals surface area contributed by atoms with E-state index in [1.54, 1.807) is 0 Å². The minimum atomic E-state index is -0.563. The zero-order valence-corrected chi connectivity index (χ0v) is 13.4. The van der Waals surface area contributed by atoms with E-state index in [1.165, 1.54) is 12.0 Å². The molecule has 2 unspecified atom stereocenters. The standard InChI is InChI=1S/C18H27NO2/c1-4-21-17(20)18(12-7-8-14(2)11-13-18)19-16-10-6-5-9-15(16)3/h5-6,9-10,14,19H,4,7-8,11-13H2,1-3H3. The highest BCUT2D eigenvalue weighted by Gasteiger charge is 2.41. The summed E-state index contributed by atoms with van der Waals surface area (Å²) in [6.07, 6.45) is 5.03. The number of rotatable bonds is 4. The van der Waals surface area contributed by atoms with Gasteiger partial charge in [-0.3, -0.25) is 0 Å². The van der Waals surface area contributed by atoms with Crippen LogP contribution in [0.15, 0.2) is 24.3 Å². The second kappa shape index (κ2) is 6.97. The largest absolute Gasteiger partial charge is 0.464 e. The Morgan fingerprint density at radius 1 is 1.33 bits per heavy atom. The van der Waals surface area contributed by atoms with Gasteiger partial charge >= 0.3 is 5.97 Å². The molecule has 1 aliphatic rings. The van der Waals surface area contributed by atoms with Crippen LogP contribution < -0.4 is 5.32 Å². The molecule has 1 aliphatic carbocycles. The zero-order valence-electron chi connectivity index (χ0n) is 13.4. The lowest BCUT2D eigenvalue weighted by atomic mass is 9.89. The van der Waals surface area contributed by atoms with Gasteiger partial charge in [0, 0.05) is 5.69 Å². The van der Waals surface area contributed by atoms with Gasteiger partial charge < -0.3 is 10.1 Å². The summed E-state index contributed by atoms with van der Waals surface area (Å²) in [6, 6.07) is 8.14. The third-order valence-electron chi connectivity index (χ3n) is 4.55. The maximum atomic E-state index is 12.6. The Balaban J connectivity index is 2.27. The first-order valence-electron chi connectivity index (χ1n) is 8.08. The molecule has 0 aliphatic heterocycles. The normalized spacial score (nSPS) is 26.0. The lowest BCUT2D eigenvalue weighted by Crippen LogP contribution is -2.47.